The Bertz CT molecular complexity index is 762. The molecule has 1 amide bonds. The summed E-state index contributed by atoms with van der Waals surface area (Å²) in [6.07, 6.45) is 14.9. The molecule has 0 aliphatic carbocycles. The molecule has 3 rings (SSSR count). The largest absolute Gasteiger partial charge is 0.388 e. The van der Waals surface area contributed by atoms with Crippen molar-refractivity contribution in [1.29, 1.82) is 0 Å². The second kappa shape index (κ2) is 18.0. The lowest BCUT2D eigenvalue weighted by Gasteiger charge is -2.47. The Balaban J connectivity index is 1.30. The van der Waals surface area contributed by atoms with Crippen molar-refractivity contribution in [2.75, 3.05) is 13.2 Å². The van der Waals surface area contributed by atoms with Crippen LogP contribution in [0.2, 0.25) is 0 Å². The Kier molecular flexibility index (Phi) is 14.7. The molecule has 38 heavy (non-hydrogen) atoms. The van der Waals surface area contributed by atoms with Crippen LogP contribution in [0.4, 0.5) is 0 Å². The Hall–Kier alpha value is -1.51. The average Bonchev–Trinajstić information content (AvgIpc) is 2.93. The van der Waals surface area contributed by atoms with Gasteiger partial charge in [-0.1, -0.05) is 121 Å². The smallest absolute Gasteiger partial charge is 0.217 e. The number of hydrogen-bond acceptors (Lipinski definition) is 6. The van der Waals surface area contributed by atoms with Crippen LogP contribution in [0.3, 0.4) is 0 Å². The molecule has 7 nitrogen and oxygen atoms in total. The number of amides is 1. The number of unbranched alkanes of at least 4 members (excludes halogenated alkanes) is 13. The predicted octanol–water partition coefficient (Wildman–Crippen LogP) is 6.19. The fourth-order valence-corrected chi connectivity index (χ4v) is 5.40. The molecule has 2 aliphatic heterocycles. The van der Waals surface area contributed by atoms with Crippen molar-refractivity contribution in [3.05, 3.63) is 35.9 Å². The van der Waals surface area contributed by atoms with Crippen LogP contribution in [-0.2, 0) is 23.7 Å². The van der Waals surface area contributed by atoms with Crippen LogP contribution < -0.4 is 5.32 Å². The van der Waals surface area contributed by atoms with Gasteiger partial charge in [0, 0.05) is 19.1 Å². The summed E-state index contributed by atoms with van der Waals surface area (Å²) >= 11 is 0. The maximum atomic E-state index is 11.9. The van der Waals surface area contributed by atoms with Gasteiger partial charge in [0.05, 0.1) is 6.61 Å². The van der Waals surface area contributed by atoms with Crippen molar-refractivity contribution in [2.45, 2.75) is 141 Å². The molecule has 0 bridgehead atoms. The topological polar surface area (TPSA) is 86.2 Å². The summed E-state index contributed by atoms with van der Waals surface area (Å²) in [5.74, 6) is -0.243. The van der Waals surface area contributed by atoms with Gasteiger partial charge in [0.15, 0.2) is 12.6 Å². The van der Waals surface area contributed by atoms with Crippen LogP contribution >= 0.6 is 0 Å². The Morgan fingerprint density at radius 1 is 0.895 bits per heavy atom. The highest BCUT2D eigenvalue weighted by Crippen LogP contribution is 2.34. The van der Waals surface area contributed by atoms with Crippen molar-refractivity contribution in [2.24, 2.45) is 0 Å². The maximum Gasteiger partial charge on any atom is 0.217 e. The summed E-state index contributed by atoms with van der Waals surface area (Å²) in [6, 6.07) is 8.92. The summed E-state index contributed by atoms with van der Waals surface area (Å²) in [5.41, 5.74) is 0.880. The molecule has 1 aromatic rings. The standard InChI is InChI=1S/C31H51NO6/c1-3-4-5-6-7-8-9-10-11-12-13-14-15-19-22-35-31-27(32-24(2)33)28(34)29-26(37-31)23-36-30(38-29)25-20-17-16-18-21-25/h16-18,20-21,26-31,34H,3-15,19,22-23H2,1-2H3,(H,32,33)/t26-,27+,28-,29+,30-,31+/m0/s1. The zero-order valence-corrected chi connectivity index (χ0v) is 23.7. The van der Waals surface area contributed by atoms with E-state index in [0.29, 0.717) is 6.61 Å². The van der Waals surface area contributed by atoms with Gasteiger partial charge in [-0.05, 0) is 6.42 Å². The van der Waals surface area contributed by atoms with Crippen LogP contribution in [0.5, 0.6) is 0 Å². The van der Waals surface area contributed by atoms with Crippen LogP contribution in [-0.4, -0.2) is 54.9 Å². The number of fused-ring (bicyclic) bond motifs is 1. The third-order valence-corrected chi connectivity index (χ3v) is 7.59. The number of rotatable bonds is 18. The molecule has 0 saturated carbocycles. The Morgan fingerprint density at radius 3 is 2.05 bits per heavy atom. The minimum absolute atomic E-state index is 0.243. The minimum atomic E-state index is -0.964. The van der Waals surface area contributed by atoms with E-state index < -0.39 is 36.9 Å². The zero-order chi connectivity index (χ0) is 27.0. The van der Waals surface area contributed by atoms with E-state index in [2.05, 4.69) is 12.2 Å². The molecule has 0 radical (unpaired) electrons. The summed E-state index contributed by atoms with van der Waals surface area (Å²) in [7, 11) is 0. The lowest BCUT2D eigenvalue weighted by molar-refractivity contribution is -0.344. The fraction of sp³-hybridized carbons (Fsp3) is 0.774. The van der Waals surface area contributed by atoms with E-state index in [1.54, 1.807) is 0 Å². The van der Waals surface area contributed by atoms with Crippen molar-refractivity contribution in [3.63, 3.8) is 0 Å². The first-order valence-corrected chi connectivity index (χ1v) is 15.1. The molecule has 0 spiro atoms. The number of ether oxygens (including phenoxy) is 4. The Morgan fingerprint density at radius 2 is 1.47 bits per heavy atom. The monoisotopic (exact) mass is 533 g/mol. The number of aliphatic hydroxyl groups excluding tert-OH is 1. The number of carbonyl (C=O) groups excluding carboxylic acids is 1. The van der Waals surface area contributed by atoms with E-state index in [4.69, 9.17) is 18.9 Å². The normalized spacial score (nSPS) is 27.1. The molecule has 0 aromatic heterocycles. The number of aliphatic hydroxyl groups is 1. The quantitative estimate of drug-likeness (QED) is 0.219. The molecular weight excluding hydrogens is 482 g/mol. The van der Waals surface area contributed by atoms with Gasteiger partial charge in [-0.2, -0.15) is 0 Å². The molecule has 0 unspecified atom stereocenters. The lowest BCUT2D eigenvalue weighted by atomic mass is 9.95. The first-order chi connectivity index (χ1) is 18.6. The van der Waals surface area contributed by atoms with Crippen LogP contribution in [0.15, 0.2) is 30.3 Å². The number of benzene rings is 1. The van der Waals surface area contributed by atoms with Gasteiger partial charge in [0.2, 0.25) is 5.91 Å². The number of nitrogens with one attached hydrogen (secondary N) is 1. The van der Waals surface area contributed by atoms with E-state index in [1.807, 2.05) is 30.3 Å². The molecule has 2 aliphatic rings. The molecule has 2 N–H and O–H groups in total. The predicted molar refractivity (Wildman–Crippen MR) is 149 cm³/mol. The van der Waals surface area contributed by atoms with Gasteiger partial charge >= 0.3 is 0 Å². The molecule has 7 heteroatoms. The van der Waals surface area contributed by atoms with Crippen molar-refractivity contribution < 1.29 is 28.8 Å². The highest BCUT2D eigenvalue weighted by Gasteiger charge is 2.50. The minimum Gasteiger partial charge on any atom is -0.388 e. The third-order valence-electron chi connectivity index (χ3n) is 7.59. The molecular formula is C31H51NO6. The molecule has 1 aromatic carbocycles. The summed E-state index contributed by atoms with van der Waals surface area (Å²) in [4.78, 5) is 11.9. The third kappa shape index (κ3) is 10.6. The van der Waals surface area contributed by atoms with Gasteiger partial charge in [-0.25, -0.2) is 0 Å². The molecule has 216 valence electrons. The van der Waals surface area contributed by atoms with Crippen LogP contribution in [0, 0.1) is 0 Å². The lowest BCUT2D eigenvalue weighted by Crippen LogP contribution is -2.66. The fourth-order valence-electron chi connectivity index (χ4n) is 5.40. The summed E-state index contributed by atoms with van der Waals surface area (Å²) in [5, 5.41) is 13.9. The van der Waals surface area contributed by atoms with Crippen molar-refractivity contribution in [1.82, 2.24) is 5.32 Å². The van der Waals surface area contributed by atoms with Crippen LogP contribution in [0.25, 0.3) is 0 Å². The van der Waals surface area contributed by atoms with Crippen molar-refractivity contribution >= 4 is 5.91 Å². The number of carbonyl (C=O) groups is 1. The van der Waals surface area contributed by atoms with E-state index in [9.17, 15) is 9.90 Å². The first kappa shape index (κ1) is 31.0. The first-order valence-electron chi connectivity index (χ1n) is 15.1. The highest BCUT2D eigenvalue weighted by molar-refractivity contribution is 5.73. The molecule has 2 heterocycles. The van der Waals surface area contributed by atoms with Gasteiger partial charge < -0.3 is 29.4 Å². The Labute approximate surface area is 230 Å². The maximum absolute atomic E-state index is 11.9. The van der Waals surface area contributed by atoms with Crippen molar-refractivity contribution in [3.8, 4) is 0 Å². The summed E-state index contributed by atoms with van der Waals surface area (Å²) < 4.78 is 24.1. The van der Waals surface area contributed by atoms with E-state index in [0.717, 1.165) is 18.4 Å². The van der Waals surface area contributed by atoms with Gasteiger partial charge in [0.25, 0.3) is 0 Å². The summed E-state index contributed by atoms with van der Waals surface area (Å²) in [6.45, 7) is 4.51. The highest BCUT2D eigenvalue weighted by atomic mass is 16.7. The van der Waals surface area contributed by atoms with Crippen LogP contribution in [0.1, 0.15) is 116 Å². The second-order valence-corrected chi connectivity index (χ2v) is 10.9. The molecule has 2 saturated heterocycles. The molecule has 6 atom stereocenters. The second-order valence-electron chi connectivity index (χ2n) is 10.9. The van der Waals surface area contributed by atoms with Gasteiger partial charge in [0.1, 0.15) is 24.4 Å². The number of hydrogen-bond donors (Lipinski definition) is 2. The zero-order valence-electron chi connectivity index (χ0n) is 23.7. The molecule has 2 fully saturated rings. The average molecular weight is 534 g/mol. The van der Waals surface area contributed by atoms with E-state index >= 15 is 0 Å². The van der Waals surface area contributed by atoms with Gasteiger partial charge in [-0.15, -0.1) is 0 Å². The SMILES string of the molecule is CCCCCCCCCCCCCCCCO[C@@H]1O[C@H]2CO[C@H](c3ccccc3)O[C@H]2[C@@H](O)[C@H]1NC(C)=O. The van der Waals surface area contributed by atoms with E-state index in [-0.39, 0.29) is 12.5 Å². The van der Waals surface area contributed by atoms with Gasteiger partial charge in [-0.3, -0.25) is 4.79 Å². The van der Waals surface area contributed by atoms with E-state index in [1.165, 1.54) is 84.0 Å².